The largest absolute Gasteiger partial charge is 0.469 e. The Kier molecular flexibility index (Phi) is 9.34. The van der Waals surface area contributed by atoms with Crippen molar-refractivity contribution in [2.75, 3.05) is 0 Å². The smallest absolute Gasteiger partial charge is 0.331 e. The van der Waals surface area contributed by atoms with Crippen LogP contribution >= 0.6 is 22.1 Å². The SMILES string of the molecule is CC(C)c1ccccc1-c1sc2cc(OC(C)N3C(=O)c4ccccc4S3(O)O)ccc2c1Oc1ccc(C=CC(=O)OC(C)(C)C)cc1. The van der Waals surface area contributed by atoms with E-state index >= 15 is 0 Å². The zero-order valence-corrected chi connectivity index (χ0v) is 29.8. The van der Waals surface area contributed by atoms with Gasteiger partial charge in [-0.15, -0.1) is 11.3 Å². The molecule has 1 aliphatic heterocycles. The second-order valence-corrected chi connectivity index (χ2v) is 16.0. The van der Waals surface area contributed by atoms with Gasteiger partial charge in [0.2, 0.25) is 0 Å². The lowest BCUT2D eigenvalue weighted by atomic mass is 9.96. The van der Waals surface area contributed by atoms with Gasteiger partial charge in [-0.3, -0.25) is 13.9 Å². The van der Waals surface area contributed by atoms with Gasteiger partial charge in [0.15, 0.2) is 12.0 Å². The Morgan fingerprint density at radius 2 is 1.53 bits per heavy atom. The van der Waals surface area contributed by atoms with E-state index in [1.54, 1.807) is 54.7 Å². The van der Waals surface area contributed by atoms with E-state index in [1.165, 1.54) is 11.6 Å². The third-order valence-electron chi connectivity index (χ3n) is 7.89. The van der Waals surface area contributed by atoms with E-state index in [4.69, 9.17) is 14.2 Å². The van der Waals surface area contributed by atoms with Gasteiger partial charge in [0.25, 0.3) is 5.91 Å². The molecule has 2 N–H and O–H groups in total. The summed E-state index contributed by atoms with van der Waals surface area (Å²) >= 11 is 1.57. The van der Waals surface area contributed by atoms with Gasteiger partial charge in [-0.1, -0.05) is 73.2 Å². The molecule has 5 aromatic rings. The number of thiophene rings is 1. The minimum absolute atomic E-state index is 0.200. The normalized spacial score (nSPS) is 15.4. The van der Waals surface area contributed by atoms with Crippen molar-refractivity contribution >= 4 is 50.2 Å². The molecule has 49 heavy (non-hydrogen) atoms. The first-order valence-corrected chi connectivity index (χ1v) is 18.3. The van der Waals surface area contributed by atoms with Gasteiger partial charge in [0.1, 0.15) is 17.1 Å². The summed E-state index contributed by atoms with van der Waals surface area (Å²) in [5.74, 6) is 1.17. The number of hydrogen-bond donors (Lipinski definition) is 2. The molecule has 0 aliphatic carbocycles. The highest BCUT2D eigenvalue weighted by Gasteiger charge is 2.44. The van der Waals surface area contributed by atoms with Gasteiger partial charge >= 0.3 is 5.97 Å². The van der Waals surface area contributed by atoms with Crippen molar-refractivity contribution in [2.24, 2.45) is 0 Å². The van der Waals surface area contributed by atoms with Crippen LogP contribution < -0.4 is 9.47 Å². The predicted molar refractivity (Wildman–Crippen MR) is 197 cm³/mol. The lowest BCUT2D eigenvalue weighted by Gasteiger charge is -2.39. The number of hydrogen-bond acceptors (Lipinski definition) is 8. The Bertz CT molecular complexity index is 2060. The minimum Gasteiger partial charge on any atom is -0.469 e. The Morgan fingerprint density at radius 3 is 2.20 bits per heavy atom. The average Bonchev–Trinajstić information content (AvgIpc) is 3.50. The molecule has 0 spiro atoms. The molecular weight excluding hydrogens is 659 g/mol. The first kappa shape index (κ1) is 34.3. The molecule has 8 nitrogen and oxygen atoms in total. The van der Waals surface area contributed by atoms with E-state index in [1.807, 2.05) is 69.3 Å². The number of nitrogens with zero attached hydrogens (tertiary/aromatic N) is 1. The molecule has 0 radical (unpaired) electrons. The van der Waals surface area contributed by atoms with Crippen LogP contribution in [0.5, 0.6) is 17.2 Å². The molecular formula is C39H39NO7S2. The fourth-order valence-corrected chi connectivity index (χ4v) is 8.63. The van der Waals surface area contributed by atoms with E-state index in [2.05, 4.69) is 26.0 Å². The lowest BCUT2D eigenvalue weighted by molar-refractivity contribution is -0.148. The summed E-state index contributed by atoms with van der Waals surface area (Å²) in [5, 5.41) is 0.876. The van der Waals surface area contributed by atoms with Crippen molar-refractivity contribution in [3.63, 3.8) is 0 Å². The number of amides is 1. The molecule has 10 heteroatoms. The first-order chi connectivity index (χ1) is 23.2. The summed E-state index contributed by atoms with van der Waals surface area (Å²) < 4.78 is 42.1. The summed E-state index contributed by atoms with van der Waals surface area (Å²) in [7, 11) is -3.55. The second-order valence-electron chi connectivity index (χ2n) is 13.1. The number of benzene rings is 4. The molecule has 6 rings (SSSR count). The van der Waals surface area contributed by atoms with Crippen LogP contribution in [0, 0.1) is 0 Å². The summed E-state index contributed by atoms with van der Waals surface area (Å²) in [6.45, 7) is 11.4. The quantitative estimate of drug-likeness (QED) is 0.117. The highest BCUT2D eigenvalue weighted by Crippen LogP contribution is 2.59. The van der Waals surface area contributed by atoms with Crippen molar-refractivity contribution < 1.29 is 32.9 Å². The molecule has 1 unspecified atom stereocenters. The summed E-state index contributed by atoms with van der Waals surface area (Å²) in [6, 6.07) is 27.8. The van der Waals surface area contributed by atoms with E-state index in [0.29, 0.717) is 17.2 Å². The second kappa shape index (κ2) is 13.4. The van der Waals surface area contributed by atoms with Gasteiger partial charge in [0, 0.05) is 16.2 Å². The molecule has 0 fully saturated rings. The van der Waals surface area contributed by atoms with Crippen LogP contribution in [0.4, 0.5) is 0 Å². The van der Waals surface area contributed by atoms with Crippen LogP contribution in [0.15, 0.2) is 102 Å². The Labute approximate surface area is 292 Å². The monoisotopic (exact) mass is 697 g/mol. The third kappa shape index (κ3) is 7.09. The van der Waals surface area contributed by atoms with Gasteiger partial charge < -0.3 is 14.2 Å². The molecule has 1 atom stereocenters. The van der Waals surface area contributed by atoms with E-state index < -0.39 is 34.5 Å². The number of fused-ring (bicyclic) bond motifs is 2. The lowest BCUT2D eigenvalue weighted by Crippen LogP contribution is -2.39. The molecule has 1 aromatic heterocycles. The molecule has 0 bridgehead atoms. The Morgan fingerprint density at radius 1 is 0.878 bits per heavy atom. The van der Waals surface area contributed by atoms with Crippen LogP contribution in [0.2, 0.25) is 0 Å². The van der Waals surface area contributed by atoms with Crippen LogP contribution in [-0.4, -0.2) is 37.1 Å². The van der Waals surface area contributed by atoms with Crippen LogP contribution in [0.25, 0.3) is 26.6 Å². The fraction of sp³-hybridized carbons (Fsp3) is 0.231. The third-order valence-corrected chi connectivity index (χ3v) is 11.0. The molecule has 2 heterocycles. The van der Waals surface area contributed by atoms with E-state index in [0.717, 1.165) is 30.4 Å². The van der Waals surface area contributed by atoms with Crippen LogP contribution in [0.1, 0.15) is 68.9 Å². The number of esters is 1. The van der Waals surface area contributed by atoms with Gasteiger partial charge in [-0.2, -0.15) is 4.31 Å². The fourth-order valence-electron chi connectivity index (χ4n) is 5.72. The highest BCUT2D eigenvalue weighted by molar-refractivity contribution is 8.23. The Hall–Kier alpha value is -4.61. The molecule has 1 amide bonds. The standard InChI is InChI=1S/C39H39NO7S2/c1-24(2)29-11-7-8-12-30(29)37-36(46-27-18-15-26(16-19-27)17-22-35(41)47-39(4,5)6)31-21-20-28(23-33(31)48-37)45-25(3)40-38(42)32-13-9-10-14-34(32)49(40,43)44/h7-25,43-44H,1-6H3. The maximum Gasteiger partial charge on any atom is 0.331 e. The molecule has 254 valence electrons. The topological polar surface area (TPSA) is 106 Å². The molecule has 0 saturated heterocycles. The first-order valence-electron chi connectivity index (χ1n) is 16.0. The molecule has 4 aromatic carbocycles. The summed E-state index contributed by atoms with van der Waals surface area (Å²) in [4.78, 5) is 26.5. The molecule has 0 saturated carbocycles. The van der Waals surface area contributed by atoms with Crippen molar-refractivity contribution in [3.05, 3.63) is 114 Å². The van der Waals surface area contributed by atoms with Crippen LogP contribution in [-0.2, 0) is 9.53 Å². The zero-order chi connectivity index (χ0) is 35.1. The van der Waals surface area contributed by atoms with Crippen molar-refractivity contribution in [1.82, 2.24) is 4.31 Å². The maximum atomic E-state index is 13.2. The number of rotatable bonds is 9. The predicted octanol–water partition coefficient (Wildman–Crippen LogP) is 10.7. The van der Waals surface area contributed by atoms with Crippen molar-refractivity contribution in [1.29, 1.82) is 0 Å². The zero-order valence-electron chi connectivity index (χ0n) is 28.2. The maximum absolute atomic E-state index is 13.2. The van der Waals surface area contributed by atoms with Crippen molar-refractivity contribution in [2.45, 2.75) is 64.2 Å². The van der Waals surface area contributed by atoms with Crippen LogP contribution in [0.3, 0.4) is 0 Å². The average molecular weight is 698 g/mol. The number of carbonyl (C=O) groups excluding carboxylic acids is 2. The van der Waals surface area contributed by atoms with E-state index in [9.17, 15) is 18.7 Å². The highest BCUT2D eigenvalue weighted by atomic mass is 32.3. The van der Waals surface area contributed by atoms with Crippen molar-refractivity contribution in [3.8, 4) is 27.7 Å². The minimum atomic E-state index is -3.55. The van der Waals surface area contributed by atoms with Gasteiger partial charge in [-0.25, -0.2) is 4.79 Å². The molecule has 1 aliphatic rings. The summed E-state index contributed by atoms with van der Waals surface area (Å²) in [6.07, 6.45) is 2.16. The Balaban J connectivity index is 1.32. The van der Waals surface area contributed by atoms with Gasteiger partial charge in [0.05, 0.1) is 15.3 Å². The van der Waals surface area contributed by atoms with Gasteiger partial charge in [-0.05, 0) is 98.8 Å². The number of carbonyl (C=O) groups is 2. The number of ether oxygens (including phenoxy) is 3. The van der Waals surface area contributed by atoms with E-state index in [-0.39, 0.29) is 16.4 Å². The summed E-state index contributed by atoms with van der Waals surface area (Å²) in [5.41, 5.74) is 2.77.